The number of β-amino-alcohol motifs (C(OH)–C–C–N with tert-alkyl or cyclic N) is 1. The standard InChI is InChI=1S/C29H32ClF3N6O4S/c1-18(40)37-13-10-26-24(17-37)28(19-2-4-20(5-3-19)29(31,32)33)34-38(26)16-23(41)15-36-11-8-22(9-12-36)39-27-14-21(30)6-7-25(27)35-44(39,42)43/h2-7,14,22-23,35,41H,8-13,15-17H2,1H3. The van der Waals surface area contributed by atoms with Gasteiger partial charge in [-0.05, 0) is 43.2 Å². The van der Waals surface area contributed by atoms with Crippen LogP contribution in [-0.4, -0.2) is 77.3 Å². The van der Waals surface area contributed by atoms with Crippen molar-refractivity contribution in [2.45, 2.75) is 57.6 Å². The lowest BCUT2D eigenvalue weighted by Crippen LogP contribution is -2.48. The number of hydrogen-bond donors (Lipinski definition) is 2. The summed E-state index contributed by atoms with van der Waals surface area (Å²) in [5.41, 5.74) is 2.88. The Labute approximate surface area is 258 Å². The SMILES string of the molecule is CC(=O)N1CCc2c(c(-c3ccc(C(F)(F)F)cc3)nn2CC(O)CN2CCC(N3c4cc(Cl)ccc4NS3(=O)=O)CC2)C1. The monoisotopic (exact) mass is 652 g/mol. The number of benzene rings is 2. The summed E-state index contributed by atoms with van der Waals surface area (Å²) >= 11 is 6.14. The van der Waals surface area contributed by atoms with Gasteiger partial charge >= 0.3 is 16.4 Å². The van der Waals surface area contributed by atoms with Crippen LogP contribution in [0.3, 0.4) is 0 Å². The van der Waals surface area contributed by atoms with Gasteiger partial charge in [0.25, 0.3) is 0 Å². The first-order valence-electron chi connectivity index (χ1n) is 14.3. The molecule has 6 rings (SSSR count). The van der Waals surface area contributed by atoms with Crippen molar-refractivity contribution in [2.75, 3.05) is 35.2 Å². The first kappa shape index (κ1) is 30.7. The third kappa shape index (κ3) is 6.00. The van der Waals surface area contributed by atoms with E-state index in [0.717, 1.165) is 23.4 Å². The van der Waals surface area contributed by atoms with Crippen molar-refractivity contribution in [3.63, 3.8) is 0 Å². The van der Waals surface area contributed by atoms with Gasteiger partial charge in [0.15, 0.2) is 0 Å². The number of rotatable bonds is 6. The van der Waals surface area contributed by atoms with E-state index in [9.17, 15) is 31.5 Å². The fraction of sp³-hybridized carbons (Fsp3) is 0.448. The molecule has 3 aliphatic rings. The van der Waals surface area contributed by atoms with Crippen LogP contribution in [0.15, 0.2) is 42.5 Å². The number of likely N-dealkylation sites (tertiary alicyclic amines) is 1. The number of anilines is 2. The summed E-state index contributed by atoms with van der Waals surface area (Å²) in [4.78, 5) is 15.9. The molecule has 2 aromatic carbocycles. The minimum absolute atomic E-state index is 0.102. The molecule has 0 aliphatic carbocycles. The van der Waals surface area contributed by atoms with Crippen LogP contribution < -0.4 is 9.03 Å². The number of aliphatic hydroxyl groups excluding tert-OH is 1. The average Bonchev–Trinajstić information content (AvgIpc) is 3.45. The average molecular weight is 653 g/mol. The fourth-order valence-corrected chi connectivity index (χ4v) is 8.06. The Morgan fingerprint density at radius 1 is 1.11 bits per heavy atom. The van der Waals surface area contributed by atoms with Crippen LogP contribution in [0.2, 0.25) is 5.02 Å². The Bertz CT molecular complexity index is 1670. The quantitative estimate of drug-likeness (QED) is 0.415. The maximum Gasteiger partial charge on any atom is 0.416 e. The molecule has 0 spiro atoms. The van der Waals surface area contributed by atoms with Crippen molar-refractivity contribution < 1.29 is 31.5 Å². The molecule has 44 heavy (non-hydrogen) atoms. The van der Waals surface area contributed by atoms with E-state index in [-0.39, 0.29) is 25.0 Å². The molecule has 4 heterocycles. The van der Waals surface area contributed by atoms with Crippen LogP contribution in [0.25, 0.3) is 11.3 Å². The molecular formula is C29H32ClF3N6O4S. The van der Waals surface area contributed by atoms with E-state index >= 15 is 0 Å². The third-order valence-corrected chi connectivity index (χ3v) is 10.2. The topological polar surface area (TPSA) is 111 Å². The molecule has 0 saturated carbocycles. The van der Waals surface area contributed by atoms with E-state index in [1.54, 1.807) is 27.8 Å². The highest BCUT2D eigenvalue weighted by Gasteiger charge is 2.39. The molecule has 0 bridgehead atoms. The molecule has 3 aliphatic heterocycles. The number of amides is 1. The van der Waals surface area contributed by atoms with E-state index in [1.165, 1.54) is 23.4 Å². The summed E-state index contributed by atoms with van der Waals surface area (Å²) in [7, 11) is -3.73. The Kier molecular flexibility index (Phi) is 8.05. The Balaban J connectivity index is 1.15. The second-order valence-corrected chi connectivity index (χ2v) is 13.5. The van der Waals surface area contributed by atoms with E-state index in [1.807, 2.05) is 0 Å². The third-order valence-electron chi connectivity index (χ3n) is 8.50. The van der Waals surface area contributed by atoms with Crippen LogP contribution in [-0.2, 0) is 40.7 Å². The predicted molar refractivity (Wildman–Crippen MR) is 159 cm³/mol. The van der Waals surface area contributed by atoms with Crippen molar-refractivity contribution in [1.82, 2.24) is 19.6 Å². The number of nitrogens with zero attached hydrogens (tertiary/aromatic N) is 5. The van der Waals surface area contributed by atoms with Crippen molar-refractivity contribution >= 4 is 39.1 Å². The van der Waals surface area contributed by atoms with Gasteiger partial charge in [-0.1, -0.05) is 23.7 Å². The summed E-state index contributed by atoms with van der Waals surface area (Å²) in [5.74, 6) is -0.102. The zero-order valence-corrected chi connectivity index (χ0v) is 25.5. The molecule has 2 N–H and O–H groups in total. The molecule has 1 atom stereocenters. The second kappa shape index (κ2) is 11.5. The van der Waals surface area contributed by atoms with Crippen LogP contribution in [0.5, 0.6) is 0 Å². The lowest BCUT2D eigenvalue weighted by atomic mass is 10.00. The number of alkyl halides is 3. The number of nitrogens with one attached hydrogen (secondary N) is 1. The maximum absolute atomic E-state index is 13.2. The van der Waals surface area contributed by atoms with Crippen LogP contribution in [0.4, 0.5) is 24.5 Å². The maximum atomic E-state index is 13.2. The van der Waals surface area contributed by atoms with Gasteiger partial charge in [-0.25, -0.2) is 4.31 Å². The Morgan fingerprint density at radius 3 is 2.48 bits per heavy atom. The Morgan fingerprint density at radius 2 is 1.82 bits per heavy atom. The van der Waals surface area contributed by atoms with Gasteiger partial charge in [-0.15, -0.1) is 0 Å². The molecule has 1 saturated heterocycles. The summed E-state index contributed by atoms with van der Waals surface area (Å²) in [6.45, 7) is 3.89. The molecule has 1 aromatic heterocycles. The number of aliphatic hydroxyl groups is 1. The molecular weight excluding hydrogens is 621 g/mol. The normalized spacial score (nSPS) is 19.4. The van der Waals surface area contributed by atoms with Crippen LogP contribution in [0.1, 0.15) is 36.6 Å². The van der Waals surface area contributed by atoms with Gasteiger partial charge in [0.2, 0.25) is 5.91 Å². The van der Waals surface area contributed by atoms with Crippen molar-refractivity contribution in [3.05, 3.63) is 64.3 Å². The molecule has 3 aromatic rings. The summed E-state index contributed by atoms with van der Waals surface area (Å²) in [5, 5.41) is 16.3. The largest absolute Gasteiger partial charge is 0.416 e. The Hall–Kier alpha value is -3.33. The van der Waals surface area contributed by atoms with Gasteiger partial charge in [0.1, 0.15) is 0 Å². The number of aromatic nitrogens is 2. The highest BCUT2D eigenvalue weighted by atomic mass is 35.5. The number of carbonyl (C=O) groups is 1. The smallest absolute Gasteiger partial charge is 0.390 e. The molecule has 15 heteroatoms. The summed E-state index contributed by atoms with van der Waals surface area (Å²) in [6, 6.07) is 9.46. The van der Waals surface area contributed by atoms with Gasteiger partial charge in [-0.3, -0.25) is 14.2 Å². The molecule has 236 valence electrons. The van der Waals surface area contributed by atoms with Crippen LogP contribution in [0, 0.1) is 0 Å². The molecule has 1 amide bonds. The molecule has 1 unspecified atom stereocenters. The number of piperidine rings is 1. The highest BCUT2D eigenvalue weighted by Crippen LogP contribution is 2.41. The van der Waals surface area contributed by atoms with E-state index in [4.69, 9.17) is 16.7 Å². The second-order valence-electron chi connectivity index (χ2n) is 11.5. The van der Waals surface area contributed by atoms with Crippen LogP contribution >= 0.6 is 11.6 Å². The van der Waals surface area contributed by atoms with E-state index in [2.05, 4.69) is 9.62 Å². The minimum atomic E-state index is -4.46. The lowest BCUT2D eigenvalue weighted by molar-refractivity contribution is -0.137. The molecule has 10 nitrogen and oxygen atoms in total. The van der Waals surface area contributed by atoms with Gasteiger partial charge in [0.05, 0.1) is 35.3 Å². The van der Waals surface area contributed by atoms with Gasteiger partial charge in [-0.2, -0.15) is 26.7 Å². The summed E-state index contributed by atoms with van der Waals surface area (Å²) < 4.78 is 70.9. The zero-order valence-electron chi connectivity index (χ0n) is 23.9. The zero-order chi connectivity index (χ0) is 31.4. The first-order valence-corrected chi connectivity index (χ1v) is 16.2. The van der Waals surface area contributed by atoms with E-state index < -0.39 is 28.1 Å². The summed E-state index contributed by atoms with van der Waals surface area (Å²) in [6.07, 6.45) is -3.63. The van der Waals surface area contributed by atoms with Crippen molar-refractivity contribution in [3.8, 4) is 11.3 Å². The van der Waals surface area contributed by atoms with Crippen molar-refractivity contribution in [2.24, 2.45) is 0 Å². The molecule has 1 fully saturated rings. The highest BCUT2D eigenvalue weighted by molar-refractivity contribution is 7.94. The van der Waals surface area contributed by atoms with Gasteiger partial charge < -0.3 is 14.9 Å². The number of fused-ring (bicyclic) bond motifs is 2. The van der Waals surface area contributed by atoms with E-state index in [0.29, 0.717) is 73.1 Å². The van der Waals surface area contributed by atoms with Crippen molar-refractivity contribution in [1.29, 1.82) is 0 Å². The molecule has 0 radical (unpaired) electrons. The predicted octanol–water partition coefficient (Wildman–Crippen LogP) is 4.13. The number of hydrogen-bond acceptors (Lipinski definition) is 6. The minimum Gasteiger partial charge on any atom is -0.390 e. The number of carbonyl (C=O) groups excluding carboxylic acids is 1. The fourth-order valence-electron chi connectivity index (χ4n) is 6.34. The number of halogens is 4. The lowest BCUT2D eigenvalue weighted by Gasteiger charge is -2.37. The van der Waals surface area contributed by atoms with Gasteiger partial charge in [0, 0.05) is 74.0 Å². The first-order chi connectivity index (χ1) is 20.8.